The summed E-state index contributed by atoms with van der Waals surface area (Å²) in [4.78, 5) is 16.1. The summed E-state index contributed by atoms with van der Waals surface area (Å²) in [5, 5.41) is 5.97. The zero-order valence-corrected chi connectivity index (χ0v) is 19.2. The molecule has 0 aliphatic heterocycles. The van der Waals surface area contributed by atoms with E-state index in [0.717, 1.165) is 17.7 Å². The van der Waals surface area contributed by atoms with Gasteiger partial charge in [0, 0.05) is 13.1 Å². The molecule has 31 heavy (non-hydrogen) atoms. The minimum absolute atomic E-state index is 0. The predicted octanol–water partition coefficient (Wildman–Crippen LogP) is 3.86. The van der Waals surface area contributed by atoms with Crippen LogP contribution in [0.3, 0.4) is 0 Å². The Hall–Kier alpha value is -2.37. The van der Waals surface area contributed by atoms with Crippen LogP contribution >= 0.6 is 24.0 Å². The van der Waals surface area contributed by atoms with Crippen molar-refractivity contribution in [3.05, 3.63) is 71.0 Å². The number of primary amides is 1. The quantitative estimate of drug-likeness (QED) is 0.202. The first-order chi connectivity index (χ1) is 14.2. The van der Waals surface area contributed by atoms with E-state index in [-0.39, 0.29) is 42.9 Å². The van der Waals surface area contributed by atoms with Gasteiger partial charge in [-0.1, -0.05) is 24.3 Å². The number of guanidine groups is 1. The first-order valence-electron chi connectivity index (χ1n) is 9.41. The normalized spacial score (nSPS) is 12.6. The van der Waals surface area contributed by atoms with E-state index in [9.17, 15) is 22.4 Å². The lowest BCUT2D eigenvalue weighted by Crippen LogP contribution is -2.43. The van der Waals surface area contributed by atoms with Gasteiger partial charge in [0.1, 0.15) is 5.82 Å². The lowest BCUT2D eigenvalue weighted by atomic mass is 9.98. The van der Waals surface area contributed by atoms with Crippen molar-refractivity contribution in [1.82, 2.24) is 10.6 Å². The number of nitrogens with one attached hydrogen (secondary N) is 2. The molecule has 1 unspecified atom stereocenters. The van der Waals surface area contributed by atoms with Gasteiger partial charge in [0.2, 0.25) is 5.91 Å². The molecule has 0 aliphatic carbocycles. The van der Waals surface area contributed by atoms with Gasteiger partial charge in [-0.05, 0) is 48.7 Å². The van der Waals surface area contributed by atoms with Crippen molar-refractivity contribution in [2.24, 2.45) is 16.6 Å². The predicted molar refractivity (Wildman–Crippen MR) is 122 cm³/mol. The fourth-order valence-corrected chi connectivity index (χ4v) is 2.76. The maximum atomic E-state index is 13.0. The molecule has 2 aromatic rings. The van der Waals surface area contributed by atoms with Crippen LogP contribution in [-0.2, 0) is 23.9 Å². The highest BCUT2D eigenvalue weighted by Gasteiger charge is 2.30. The van der Waals surface area contributed by atoms with Gasteiger partial charge >= 0.3 is 6.18 Å². The number of halogens is 5. The maximum absolute atomic E-state index is 13.0. The van der Waals surface area contributed by atoms with Crippen LogP contribution in [-0.4, -0.2) is 25.0 Å². The van der Waals surface area contributed by atoms with Crippen molar-refractivity contribution in [3.8, 4) is 0 Å². The molecule has 5 nitrogen and oxygen atoms in total. The van der Waals surface area contributed by atoms with Crippen LogP contribution in [0.1, 0.15) is 23.6 Å². The highest BCUT2D eigenvalue weighted by molar-refractivity contribution is 14.0. The van der Waals surface area contributed by atoms with E-state index in [0.29, 0.717) is 24.5 Å². The molecular weight excluding hydrogens is 527 g/mol. The van der Waals surface area contributed by atoms with Crippen LogP contribution in [0.4, 0.5) is 17.6 Å². The van der Waals surface area contributed by atoms with E-state index in [1.807, 2.05) is 6.92 Å². The van der Waals surface area contributed by atoms with Gasteiger partial charge in [-0.15, -0.1) is 24.0 Å². The summed E-state index contributed by atoms with van der Waals surface area (Å²) >= 11 is 0. The minimum Gasteiger partial charge on any atom is -0.369 e. The number of rotatable bonds is 8. The van der Waals surface area contributed by atoms with E-state index >= 15 is 0 Å². The Morgan fingerprint density at radius 1 is 1.10 bits per heavy atom. The summed E-state index contributed by atoms with van der Waals surface area (Å²) in [7, 11) is 0. The lowest BCUT2D eigenvalue weighted by molar-refractivity contribution is -0.137. The molecule has 0 aliphatic rings. The Bertz CT molecular complexity index is 872. The zero-order chi connectivity index (χ0) is 22.1. The summed E-state index contributed by atoms with van der Waals surface area (Å²) in [6.45, 7) is 2.55. The average Bonchev–Trinajstić information content (AvgIpc) is 2.69. The monoisotopic (exact) mass is 552 g/mol. The summed E-state index contributed by atoms with van der Waals surface area (Å²) in [5.74, 6) is -1.13. The molecule has 0 radical (unpaired) electrons. The fourth-order valence-electron chi connectivity index (χ4n) is 2.76. The van der Waals surface area contributed by atoms with Crippen LogP contribution in [0.15, 0.2) is 53.5 Å². The zero-order valence-electron chi connectivity index (χ0n) is 16.9. The molecule has 2 aromatic carbocycles. The summed E-state index contributed by atoms with van der Waals surface area (Å²) in [6.07, 6.45) is -4.10. The Kier molecular flexibility index (Phi) is 10.7. The minimum atomic E-state index is -4.42. The maximum Gasteiger partial charge on any atom is 0.416 e. The molecule has 1 amide bonds. The molecule has 0 spiro atoms. The number of nitrogens with two attached hydrogens (primary N) is 1. The first-order valence-corrected chi connectivity index (χ1v) is 9.41. The Morgan fingerprint density at radius 3 is 2.35 bits per heavy atom. The van der Waals surface area contributed by atoms with Gasteiger partial charge in [-0.2, -0.15) is 13.2 Å². The lowest BCUT2D eigenvalue weighted by Gasteiger charge is -2.17. The summed E-state index contributed by atoms with van der Waals surface area (Å²) < 4.78 is 51.6. The van der Waals surface area contributed by atoms with Gasteiger partial charge < -0.3 is 16.4 Å². The molecule has 0 bridgehead atoms. The molecule has 2 rings (SSSR count). The molecule has 10 heteroatoms. The number of alkyl halides is 3. The average molecular weight is 552 g/mol. The van der Waals surface area contributed by atoms with E-state index in [1.165, 1.54) is 18.2 Å². The Labute approximate surface area is 195 Å². The van der Waals surface area contributed by atoms with E-state index in [1.54, 1.807) is 18.2 Å². The van der Waals surface area contributed by atoms with Crippen molar-refractivity contribution >= 4 is 35.8 Å². The highest BCUT2D eigenvalue weighted by atomic mass is 127. The SMILES string of the molecule is CCNC(=NCc1cccc(C(F)(F)F)c1)NCC(Cc1ccc(F)cc1)C(N)=O.I. The molecular formula is C21H25F4IN4O. The molecule has 1 atom stereocenters. The topological polar surface area (TPSA) is 79.5 Å². The Balaban J connectivity index is 0.00000480. The smallest absolute Gasteiger partial charge is 0.369 e. The number of carbonyl (C=O) groups excluding carboxylic acids is 1. The molecule has 0 saturated carbocycles. The second-order valence-electron chi connectivity index (χ2n) is 6.70. The Morgan fingerprint density at radius 2 is 1.77 bits per heavy atom. The second-order valence-corrected chi connectivity index (χ2v) is 6.70. The van der Waals surface area contributed by atoms with Crippen LogP contribution in [0.5, 0.6) is 0 Å². The third-order valence-electron chi connectivity index (χ3n) is 4.33. The number of hydrogen-bond acceptors (Lipinski definition) is 2. The van der Waals surface area contributed by atoms with E-state index in [4.69, 9.17) is 5.73 Å². The van der Waals surface area contributed by atoms with Gasteiger partial charge in [-0.25, -0.2) is 9.38 Å². The number of benzene rings is 2. The number of nitrogens with zero attached hydrogens (tertiary/aromatic N) is 1. The second kappa shape index (κ2) is 12.5. The number of hydrogen-bond donors (Lipinski definition) is 3. The van der Waals surface area contributed by atoms with Crippen molar-refractivity contribution < 1.29 is 22.4 Å². The number of carbonyl (C=O) groups is 1. The molecule has 0 fully saturated rings. The fraction of sp³-hybridized carbons (Fsp3) is 0.333. The largest absolute Gasteiger partial charge is 0.416 e. The van der Waals surface area contributed by atoms with Crippen LogP contribution in [0.2, 0.25) is 0 Å². The van der Waals surface area contributed by atoms with Crippen molar-refractivity contribution in [2.45, 2.75) is 26.1 Å². The van der Waals surface area contributed by atoms with Gasteiger partial charge in [0.15, 0.2) is 5.96 Å². The van der Waals surface area contributed by atoms with E-state index in [2.05, 4.69) is 15.6 Å². The molecule has 170 valence electrons. The standard InChI is InChI=1S/C21H24F4N4O.HI/c1-2-27-20(28-12-15-4-3-5-17(11-15)21(23,24)25)29-13-16(19(26)30)10-14-6-8-18(22)9-7-14;/h3-9,11,16H,2,10,12-13H2,1H3,(H2,26,30)(H2,27,28,29);1H. The van der Waals surface area contributed by atoms with Crippen LogP contribution in [0.25, 0.3) is 0 Å². The number of amides is 1. The van der Waals surface area contributed by atoms with Crippen LogP contribution < -0.4 is 16.4 Å². The third-order valence-corrected chi connectivity index (χ3v) is 4.33. The highest BCUT2D eigenvalue weighted by Crippen LogP contribution is 2.29. The third kappa shape index (κ3) is 9.11. The van der Waals surface area contributed by atoms with E-state index < -0.39 is 23.6 Å². The van der Waals surface area contributed by atoms with Crippen molar-refractivity contribution in [3.63, 3.8) is 0 Å². The molecule has 0 aromatic heterocycles. The van der Waals surface area contributed by atoms with Crippen LogP contribution in [0, 0.1) is 11.7 Å². The first kappa shape index (κ1) is 26.7. The van der Waals surface area contributed by atoms with Gasteiger partial charge in [-0.3, -0.25) is 4.79 Å². The summed E-state index contributed by atoms with van der Waals surface area (Å²) in [5.41, 5.74) is 5.90. The molecule has 0 saturated heterocycles. The number of aliphatic imine (C=N–C) groups is 1. The van der Waals surface area contributed by atoms with Gasteiger partial charge in [0.05, 0.1) is 18.0 Å². The van der Waals surface area contributed by atoms with Crippen molar-refractivity contribution in [1.29, 1.82) is 0 Å². The molecule has 0 heterocycles. The molecule has 4 N–H and O–H groups in total. The summed E-state index contributed by atoms with van der Waals surface area (Å²) in [6, 6.07) is 10.7. The van der Waals surface area contributed by atoms with Crippen molar-refractivity contribution in [2.75, 3.05) is 13.1 Å². The van der Waals surface area contributed by atoms with Gasteiger partial charge in [0.25, 0.3) is 0 Å².